The summed E-state index contributed by atoms with van der Waals surface area (Å²) in [5.41, 5.74) is 1.39. The molecule has 1 N–H and O–H groups in total. The predicted molar refractivity (Wildman–Crippen MR) is 182 cm³/mol. The zero-order valence-corrected chi connectivity index (χ0v) is 30.6. The number of hydrogen-bond donors (Lipinski definition) is 1. The van der Waals surface area contributed by atoms with Crippen molar-refractivity contribution in [2.45, 2.75) is 165 Å². The van der Waals surface area contributed by atoms with Gasteiger partial charge < -0.3 is 4.55 Å². The molecule has 9 heteroatoms. The molecule has 0 unspecified atom stereocenters. The third kappa shape index (κ3) is 22.1. The third-order valence-corrected chi connectivity index (χ3v) is 9.98. The molecule has 0 spiro atoms. The van der Waals surface area contributed by atoms with Crippen LogP contribution in [-0.2, 0) is 50.1 Å². The standard InChI is InChI=1S/2C18H30O3S.Fe/c2*1-2-3-4-5-6-7-8-9-10-11-14-17-15-12-13-16-18(17)22(19,20)21;/h2*12-13,15-16H,2-11,14H2,1H3,(H,19,20,21);/q;;+2/p-1. The van der Waals surface area contributed by atoms with Gasteiger partial charge in [0.2, 0.25) is 0 Å². The molecule has 2 aromatic rings. The van der Waals surface area contributed by atoms with Crippen LogP contribution >= 0.6 is 0 Å². The molecule has 0 aliphatic heterocycles. The van der Waals surface area contributed by atoms with Crippen molar-refractivity contribution in [1.82, 2.24) is 0 Å². The number of aryl methyl sites for hydroxylation is 2. The van der Waals surface area contributed by atoms with Crippen LogP contribution in [0.5, 0.6) is 0 Å². The van der Waals surface area contributed by atoms with Crippen LogP contribution < -0.4 is 0 Å². The first kappa shape index (κ1) is 43.8. The molecule has 0 aromatic heterocycles. The van der Waals surface area contributed by atoms with Crippen molar-refractivity contribution in [3.8, 4) is 0 Å². The maximum atomic E-state index is 11.3. The van der Waals surface area contributed by atoms with Crippen LogP contribution in [0.15, 0.2) is 58.3 Å². The Kier molecular flexibility index (Phi) is 26.1. The van der Waals surface area contributed by atoms with Crippen LogP contribution in [0.25, 0.3) is 0 Å². The van der Waals surface area contributed by atoms with E-state index >= 15 is 0 Å². The van der Waals surface area contributed by atoms with Crippen molar-refractivity contribution in [3.63, 3.8) is 0 Å². The van der Waals surface area contributed by atoms with Crippen LogP contribution in [-0.4, -0.2) is 25.9 Å². The normalized spacial score (nSPS) is 11.5. The van der Waals surface area contributed by atoms with E-state index < -0.39 is 20.2 Å². The van der Waals surface area contributed by atoms with E-state index in [2.05, 4.69) is 13.8 Å². The summed E-state index contributed by atoms with van der Waals surface area (Å²) in [5, 5.41) is 0. The van der Waals surface area contributed by atoms with E-state index in [9.17, 15) is 25.9 Å². The van der Waals surface area contributed by atoms with Crippen LogP contribution in [0.2, 0.25) is 0 Å². The minimum Gasteiger partial charge on any atom is -0.744 e. The van der Waals surface area contributed by atoms with Crippen molar-refractivity contribution in [2.75, 3.05) is 0 Å². The first-order valence-corrected chi connectivity index (χ1v) is 20.0. The number of rotatable bonds is 24. The second-order valence-electron chi connectivity index (χ2n) is 12.0. The largest absolute Gasteiger partial charge is 2.00 e. The molecule has 0 aliphatic carbocycles. The van der Waals surface area contributed by atoms with Gasteiger partial charge in [-0.1, -0.05) is 166 Å². The summed E-state index contributed by atoms with van der Waals surface area (Å²) in [6.07, 6.45) is 26.5. The number of benzene rings is 2. The molecule has 0 heterocycles. The van der Waals surface area contributed by atoms with Gasteiger partial charge in [-0.3, -0.25) is 4.55 Å². The molecular formula is C36H59FeO6S2+. The fraction of sp³-hybridized carbons (Fsp3) is 0.667. The van der Waals surface area contributed by atoms with Gasteiger partial charge in [-0.05, 0) is 48.9 Å². The molecule has 0 aliphatic rings. The Morgan fingerprint density at radius 3 is 1.11 bits per heavy atom. The third-order valence-electron chi connectivity index (χ3n) is 8.09. The monoisotopic (exact) mass is 707 g/mol. The molecule has 0 saturated carbocycles. The van der Waals surface area contributed by atoms with Crippen molar-refractivity contribution in [3.05, 3.63) is 59.7 Å². The van der Waals surface area contributed by atoms with Gasteiger partial charge in [0.25, 0.3) is 10.1 Å². The SMILES string of the molecule is CCCCCCCCCCCCc1ccccc1S(=O)(=O)O.CCCCCCCCCCCCc1ccccc1S(=O)(=O)[O-].[Fe+2]. The quantitative estimate of drug-likeness (QED) is 0.0660. The van der Waals surface area contributed by atoms with Gasteiger partial charge in [0.05, 0.1) is 9.79 Å². The molecule has 0 amide bonds. The summed E-state index contributed by atoms with van der Waals surface area (Å²) in [5.74, 6) is 0. The van der Waals surface area contributed by atoms with Crippen LogP contribution in [0, 0.1) is 0 Å². The summed E-state index contributed by atoms with van der Waals surface area (Å²) in [7, 11) is -8.44. The minimum absolute atomic E-state index is 0. The maximum absolute atomic E-state index is 11.3. The molecule has 6 nitrogen and oxygen atoms in total. The van der Waals surface area contributed by atoms with Gasteiger partial charge in [-0.25, -0.2) is 8.42 Å². The van der Waals surface area contributed by atoms with Crippen molar-refractivity contribution < 1.29 is 43.0 Å². The zero-order valence-electron chi connectivity index (χ0n) is 27.8. The summed E-state index contributed by atoms with van der Waals surface area (Å²) in [4.78, 5) is 0.0110. The van der Waals surface area contributed by atoms with E-state index in [1.54, 1.807) is 30.3 Å². The molecule has 0 radical (unpaired) electrons. The van der Waals surface area contributed by atoms with Gasteiger partial charge in [0.15, 0.2) is 0 Å². The Bertz CT molecular complexity index is 1120. The molecule has 0 saturated heterocycles. The van der Waals surface area contributed by atoms with Crippen molar-refractivity contribution >= 4 is 20.2 Å². The average molecular weight is 708 g/mol. The van der Waals surface area contributed by atoms with E-state index in [-0.39, 0.29) is 26.9 Å². The van der Waals surface area contributed by atoms with E-state index in [0.29, 0.717) is 18.4 Å². The maximum Gasteiger partial charge on any atom is 2.00 e. The van der Waals surface area contributed by atoms with Gasteiger partial charge >= 0.3 is 17.1 Å². The second-order valence-corrected chi connectivity index (χ2v) is 14.7. The van der Waals surface area contributed by atoms with E-state index in [1.807, 2.05) is 6.07 Å². The fourth-order valence-corrected chi connectivity index (χ4v) is 7.01. The first-order chi connectivity index (χ1) is 21.1. The fourth-order valence-electron chi connectivity index (χ4n) is 5.52. The van der Waals surface area contributed by atoms with E-state index in [1.165, 1.54) is 115 Å². The first-order valence-electron chi connectivity index (χ1n) is 17.2. The molecule has 0 fully saturated rings. The molecule has 45 heavy (non-hydrogen) atoms. The summed E-state index contributed by atoms with van der Waals surface area (Å²) in [6, 6.07) is 13.3. The average Bonchev–Trinajstić information content (AvgIpc) is 2.99. The predicted octanol–water partition coefficient (Wildman–Crippen LogP) is 10.4. The zero-order chi connectivity index (χ0) is 32.5. The number of unbranched alkanes of at least 4 members (excludes halogenated alkanes) is 18. The van der Waals surface area contributed by atoms with Crippen LogP contribution in [0.4, 0.5) is 0 Å². The molecule has 2 aromatic carbocycles. The van der Waals surface area contributed by atoms with Gasteiger partial charge in [-0.15, -0.1) is 0 Å². The summed E-state index contributed by atoms with van der Waals surface area (Å²) in [6.45, 7) is 4.47. The topological polar surface area (TPSA) is 112 Å². The van der Waals surface area contributed by atoms with E-state index in [4.69, 9.17) is 0 Å². The van der Waals surface area contributed by atoms with Crippen LogP contribution in [0.1, 0.15) is 153 Å². The molecule has 0 atom stereocenters. The van der Waals surface area contributed by atoms with Crippen molar-refractivity contribution in [1.29, 1.82) is 0 Å². The van der Waals surface area contributed by atoms with Gasteiger partial charge in [0, 0.05) is 0 Å². The molecule has 2 rings (SSSR count). The van der Waals surface area contributed by atoms with E-state index in [0.717, 1.165) is 31.2 Å². The molecule has 258 valence electrons. The Morgan fingerprint density at radius 1 is 0.489 bits per heavy atom. The Labute approximate surface area is 286 Å². The number of hydrogen-bond acceptors (Lipinski definition) is 5. The molecule has 0 bridgehead atoms. The smallest absolute Gasteiger partial charge is 0.744 e. The molecular weight excluding hydrogens is 648 g/mol. The summed E-state index contributed by atoms with van der Waals surface area (Å²) < 4.78 is 65.3. The van der Waals surface area contributed by atoms with Gasteiger partial charge in [-0.2, -0.15) is 8.42 Å². The summed E-state index contributed by atoms with van der Waals surface area (Å²) >= 11 is 0. The Hall–Kier alpha value is -1.22. The Balaban J connectivity index is 0.000000842. The van der Waals surface area contributed by atoms with Gasteiger partial charge in [0.1, 0.15) is 10.1 Å². The van der Waals surface area contributed by atoms with Crippen molar-refractivity contribution in [2.24, 2.45) is 0 Å². The minimum atomic E-state index is -4.35. The second kappa shape index (κ2) is 26.8. The van der Waals surface area contributed by atoms with Crippen LogP contribution in [0.3, 0.4) is 0 Å². The Morgan fingerprint density at radius 2 is 0.778 bits per heavy atom.